The zero-order valence-corrected chi connectivity index (χ0v) is 22.5. The Bertz CT molecular complexity index is 1350. The Labute approximate surface area is 229 Å². The molecule has 0 saturated carbocycles. The number of carbonyl (C=O) groups is 2. The zero-order valence-electron chi connectivity index (χ0n) is 21.0. The van der Waals surface area contributed by atoms with Crippen LogP contribution in [0.2, 0.25) is 10.0 Å². The van der Waals surface area contributed by atoms with Gasteiger partial charge in [-0.05, 0) is 38.5 Å². The molecule has 4 heterocycles. The second-order valence-corrected chi connectivity index (χ2v) is 11.1. The van der Waals surface area contributed by atoms with Crippen molar-refractivity contribution in [3.8, 4) is 17.0 Å². The maximum Gasteiger partial charge on any atom is 0.261 e. The molecule has 2 unspecified atom stereocenters. The average Bonchev–Trinajstić information content (AvgIpc) is 3.06. The molecule has 2 fully saturated rings. The molecule has 1 aromatic heterocycles. The minimum atomic E-state index is -0.691. The summed E-state index contributed by atoms with van der Waals surface area (Å²) in [6.45, 7) is 8.48. The van der Waals surface area contributed by atoms with E-state index in [1.165, 1.54) is 18.2 Å². The number of aromatic nitrogens is 1. The highest BCUT2D eigenvalue weighted by Gasteiger charge is 2.45. The molecule has 1 aromatic carbocycles. The summed E-state index contributed by atoms with van der Waals surface area (Å²) < 4.78 is 21.3. The molecule has 0 spiro atoms. The monoisotopic (exact) mass is 563 g/mol. The lowest BCUT2D eigenvalue weighted by Crippen LogP contribution is -2.57. The average molecular weight is 564 g/mol. The molecule has 0 bridgehead atoms. The topological polar surface area (TPSA) is 112 Å². The van der Waals surface area contributed by atoms with Crippen LogP contribution in [0.15, 0.2) is 24.8 Å². The molecule has 9 nitrogen and oxygen atoms in total. The Morgan fingerprint density at radius 3 is 2.68 bits per heavy atom. The molecule has 2 aromatic rings. The number of aliphatic hydroxyl groups is 1. The number of anilines is 2. The number of benzene rings is 1. The minimum Gasteiger partial charge on any atom is -0.489 e. The van der Waals surface area contributed by atoms with Crippen molar-refractivity contribution in [2.45, 2.75) is 38.0 Å². The maximum atomic E-state index is 15.1. The quantitative estimate of drug-likeness (QED) is 0.435. The summed E-state index contributed by atoms with van der Waals surface area (Å²) in [5, 5.41) is 10.6. The van der Waals surface area contributed by atoms with Gasteiger partial charge in [0.25, 0.3) is 5.91 Å². The van der Waals surface area contributed by atoms with Gasteiger partial charge in [0.2, 0.25) is 5.91 Å². The van der Waals surface area contributed by atoms with Crippen LogP contribution in [0.1, 0.15) is 30.6 Å². The van der Waals surface area contributed by atoms with E-state index < -0.39 is 23.5 Å². The number of nitrogens with two attached hydrogens (primary N) is 1. The molecule has 3 aliphatic rings. The number of pyridine rings is 1. The number of piperazine rings is 1. The molecule has 2 atom stereocenters. The van der Waals surface area contributed by atoms with E-state index >= 15 is 4.39 Å². The summed E-state index contributed by atoms with van der Waals surface area (Å²) in [5.41, 5.74) is 5.51. The first-order valence-electron chi connectivity index (χ1n) is 12.2. The number of nitrogens with zero attached hydrogens (tertiary/aromatic N) is 4. The zero-order chi connectivity index (χ0) is 27.5. The van der Waals surface area contributed by atoms with Gasteiger partial charge in [-0.15, -0.1) is 0 Å². The number of carbonyl (C=O) groups excluding carboxylic acids is 2. The standard InChI is InChI=1S/C26H28Cl2FN5O4/c1-4-17(36)32-7-8-33-13(10-32)12-38-23-19(25(33)37)24(34-11-14(35)9-26(34,2)3)31-22(20(23)28)18-16(29)6-5-15(27)21(18)30/h4-6,13-14,35H,1,7-12,30H2,2-3H3. The number of ether oxygens (including phenoxy) is 1. The number of β-amino-alcohol motifs (C(OH)–C–C–N with tert-alkyl or cyclic N) is 1. The molecule has 3 N–H and O–H groups in total. The number of hydrogen-bond donors (Lipinski definition) is 2. The second-order valence-electron chi connectivity index (χ2n) is 10.4. The van der Waals surface area contributed by atoms with Crippen LogP contribution in [0.5, 0.6) is 5.75 Å². The highest BCUT2D eigenvalue weighted by molar-refractivity contribution is 6.37. The van der Waals surface area contributed by atoms with E-state index in [0.29, 0.717) is 13.0 Å². The summed E-state index contributed by atoms with van der Waals surface area (Å²) in [6.07, 6.45) is 0.993. The molecular weight excluding hydrogens is 536 g/mol. The maximum absolute atomic E-state index is 15.1. The number of rotatable bonds is 3. The van der Waals surface area contributed by atoms with E-state index in [0.717, 1.165) is 0 Å². The van der Waals surface area contributed by atoms with Gasteiger partial charge in [-0.25, -0.2) is 9.37 Å². The third-order valence-electron chi connectivity index (χ3n) is 7.43. The van der Waals surface area contributed by atoms with E-state index in [-0.39, 0.29) is 82.2 Å². The smallest absolute Gasteiger partial charge is 0.261 e. The SMILES string of the molecule is C=CC(=O)N1CCN2C(=O)c3c(N4CC(O)CC4(C)C)nc(-c4c(F)ccc(Cl)c4N)c(Cl)c3OCC2C1. The summed E-state index contributed by atoms with van der Waals surface area (Å²) >= 11 is 13.0. The van der Waals surface area contributed by atoms with Crippen LogP contribution in [0, 0.1) is 5.82 Å². The fourth-order valence-electron chi connectivity index (χ4n) is 5.53. The van der Waals surface area contributed by atoms with Crippen LogP contribution in [0.4, 0.5) is 15.9 Å². The summed E-state index contributed by atoms with van der Waals surface area (Å²) in [4.78, 5) is 36.1. The Balaban J connectivity index is 1.71. The summed E-state index contributed by atoms with van der Waals surface area (Å²) in [6, 6.07) is 2.05. The van der Waals surface area contributed by atoms with E-state index in [1.54, 1.807) is 9.80 Å². The van der Waals surface area contributed by atoms with Crippen molar-refractivity contribution >= 4 is 46.5 Å². The third-order valence-corrected chi connectivity index (χ3v) is 8.11. The van der Waals surface area contributed by atoms with Gasteiger partial charge in [0, 0.05) is 31.7 Å². The van der Waals surface area contributed by atoms with Crippen molar-refractivity contribution in [2.75, 3.05) is 43.4 Å². The fraction of sp³-hybridized carbons (Fsp3) is 0.423. The Morgan fingerprint density at radius 2 is 2.03 bits per heavy atom. The van der Waals surface area contributed by atoms with E-state index in [4.69, 9.17) is 38.7 Å². The van der Waals surface area contributed by atoms with Crippen LogP contribution in [-0.2, 0) is 4.79 Å². The molecule has 5 rings (SSSR count). The Morgan fingerprint density at radius 1 is 1.29 bits per heavy atom. The van der Waals surface area contributed by atoms with Crippen molar-refractivity contribution in [3.63, 3.8) is 0 Å². The Hall–Kier alpha value is -3.08. The molecular formula is C26H28Cl2FN5O4. The molecule has 3 aliphatic heterocycles. The molecule has 0 radical (unpaired) electrons. The lowest BCUT2D eigenvalue weighted by molar-refractivity contribution is -0.128. The van der Waals surface area contributed by atoms with Gasteiger partial charge in [-0.3, -0.25) is 9.59 Å². The van der Waals surface area contributed by atoms with E-state index in [9.17, 15) is 14.7 Å². The molecule has 2 saturated heterocycles. The number of fused-ring (bicyclic) bond motifs is 2. The lowest BCUT2D eigenvalue weighted by Gasteiger charge is -2.40. The van der Waals surface area contributed by atoms with E-state index in [2.05, 4.69) is 6.58 Å². The number of halogens is 3. The third kappa shape index (κ3) is 4.24. The Kier molecular flexibility index (Phi) is 6.69. The first kappa shape index (κ1) is 26.5. The molecule has 12 heteroatoms. The van der Waals surface area contributed by atoms with Crippen molar-refractivity contribution in [1.29, 1.82) is 0 Å². The molecule has 0 aliphatic carbocycles. The normalized spacial score (nSPS) is 22.5. The largest absolute Gasteiger partial charge is 0.489 e. The number of aliphatic hydroxyl groups excluding tert-OH is 1. The predicted octanol–water partition coefficient (Wildman–Crippen LogP) is 3.36. The summed E-state index contributed by atoms with van der Waals surface area (Å²) in [7, 11) is 0. The van der Waals surface area contributed by atoms with Crippen molar-refractivity contribution in [3.05, 3.63) is 46.2 Å². The van der Waals surface area contributed by atoms with Crippen molar-refractivity contribution in [2.24, 2.45) is 0 Å². The van der Waals surface area contributed by atoms with Crippen LogP contribution >= 0.6 is 23.2 Å². The number of hydrogen-bond acceptors (Lipinski definition) is 7. The molecule has 202 valence electrons. The van der Waals surface area contributed by atoms with Gasteiger partial charge in [-0.2, -0.15) is 0 Å². The van der Waals surface area contributed by atoms with E-state index in [1.807, 2.05) is 18.7 Å². The molecule has 2 amide bonds. The molecule has 38 heavy (non-hydrogen) atoms. The predicted molar refractivity (Wildman–Crippen MR) is 143 cm³/mol. The van der Waals surface area contributed by atoms with Crippen LogP contribution < -0.4 is 15.4 Å². The van der Waals surface area contributed by atoms with Crippen LogP contribution in [0.3, 0.4) is 0 Å². The minimum absolute atomic E-state index is 0.0220. The van der Waals surface area contributed by atoms with Gasteiger partial charge in [0.05, 0.1) is 28.4 Å². The number of amides is 2. The fourth-order valence-corrected chi connectivity index (χ4v) is 5.97. The summed E-state index contributed by atoms with van der Waals surface area (Å²) in [5.74, 6) is -1.05. The van der Waals surface area contributed by atoms with Gasteiger partial charge < -0.3 is 30.3 Å². The van der Waals surface area contributed by atoms with Gasteiger partial charge in [0.1, 0.15) is 34.5 Å². The van der Waals surface area contributed by atoms with Gasteiger partial charge >= 0.3 is 0 Å². The first-order chi connectivity index (χ1) is 17.9. The number of nitrogen functional groups attached to an aromatic ring is 1. The van der Waals surface area contributed by atoms with Crippen LogP contribution in [0.25, 0.3) is 11.3 Å². The van der Waals surface area contributed by atoms with Gasteiger partial charge in [-0.1, -0.05) is 29.8 Å². The first-order valence-corrected chi connectivity index (χ1v) is 13.0. The highest BCUT2D eigenvalue weighted by Crippen LogP contribution is 2.48. The highest BCUT2D eigenvalue weighted by atomic mass is 35.5. The van der Waals surface area contributed by atoms with Crippen molar-refractivity contribution in [1.82, 2.24) is 14.8 Å². The lowest BCUT2D eigenvalue weighted by atomic mass is 9.99. The van der Waals surface area contributed by atoms with Gasteiger partial charge in [0.15, 0.2) is 5.75 Å². The van der Waals surface area contributed by atoms with Crippen molar-refractivity contribution < 1.29 is 23.8 Å². The van der Waals surface area contributed by atoms with Crippen LogP contribution in [-0.4, -0.2) is 82.2 Å². The second kappa shape index (κ2) is 9.59.